The first-order valence-corrected chi connectivity index (χ1v) is 7.54. The number of rotatable bonds is 11. The van der Waals surface area contributed by atoms with Gasteiger partial charge in [-0.1, -0.05) is 47.5 Å². The number of hydrogen-bond acceptors (Lipinski definition) is 2. The zero-order valence-electron chi connectivity index (χ0n) is 12.6. The van der Waals surface area contributed by atoms with E-state index in [0.29, 0.717) is 18.1 Å². The van der Waals surface area contributed by atoms with E-state index in [4.69, 9.17) is 4.74 Å². The molecule has 0 aliphatic heterocycles. The van der Waals surface area contributed by atoms with Crippen LogP contribution in [0, 0.1) is 5.92 Å². The highest BCUT2D eigenvalue weighted by Gasteiger charge is 2.19. The number of ether oxygens (including phenoxy) is 1. The van der Waals surface area contributed by atoms with Gasteiger partial charge in [0.05, 0.1) is 6.10 Å². The molecule has 17 heavy (non-hydrogen) atoms. The van der Waals surface area contributed by atoms with Crippen LogP contribution in [0.15, 0.2) is 0 Å². The maximum atomic E-state index is 6.11. The van der Waals surface area contributed by atoms with Crippen LogP contribution in [-0.2, 0) is 4.74 Å². The fourth-order valence-corrected chi connectivity index (χ4v) is 2.38. The van der Waals surface area contributed by atoms with Gasteiger partial charge in [0.15, 0.2) is 0 Å². The van der Waals surface area contributed by atoms with Crippen LogP contribution in [0.1, 0.15) is 66.7 Å². The fraction of sp³-hybridized carbons (Fsp3) is 1.00. The van der Waals surface area contributed by atoms with Crippen molar-refractivity contribution in [3.8, 4) is 0 Å². The molecule has 0 bridgehead atoms. The molecule has 0 aliphatic carbocycles. The molecule has 0 heterocycles. The molecule has 0 aromatic carbocycles. The molecule has 0 amide bonds. The van der Waals surface area contributed by atoms with Crippen LogP contribution in [0.4, 0.5) is 0 Å². The van der Waals surface area contributed by atoms with Crippen LogP contribution in [0.5, 0.6) is 0 Å². The molecule has 0 spiro atoms. The minimum atomic E-state index is 0.384. The molecule has 0 rings (SSSR count). The molecule has 1 N–H and O–H groups in total. The summed E-state index contributed by atoms with van der Waals surface area (Å²) in [6.45, 7) is 13.1. The summed E-state index contributed by atoms with van der Waals surface area (Å²) in [6, 6.07) is 0.531. The second-order valence-corrected chi connectivity index (χ2v) is 5.13. The smallest absolute Gasteiger partial charge is 0.0725 e. The normalized spacial score (nSPS) is 16.8. The average molecular weight is 243 g/mol. The largest absolute Gasteiger partial charge is 0.376 e. The molecule has 104 valence electrons. The van der Waals surface area contributed by atoms with E-state index in [-0.39, 0.29) is 0 Å². The van der Waals surface area contributed by atoms with Crippen LogP contribution in [-0.4, -0.2) is 25.3 Å². The second kappa shape index (κ2) is 11.0. The monoisotopic (exact) mass is 243 g/mol. The lowest BCUT2D eigenvalue weighted by Crippen LogP contribution is -2.41. The standard InChI is InChI=1S/C15H33NO/c1-6-10-13(5)12-17-15(8-3)14(11-7-2)16-9-4/h13-16H,6-12H2,1-5H3. The molecule has 0 saturated carbocycles. The van der Waals surface area contributed by atoms with Crippen LogP contribution < -0.4 is 5.32 Å². The van der Waals surface area contributed by atoms with Crippen molar-refractivity contribution >= 4 is 0 Å². The molecule has 0 saturated heterocycles. The van der Waals surface area contributed by atoms with Crippen molar-refractivity contribution in [3.63, 3.8) is 0 Å². The van der Waals surface area contributed by atoms with Crippen LogP contribution in [0.25, 0.3) is 0 Å². The molecule has 0 aliphatic rings. The van der Waals surface area contributed by atoms with E-state index < -0.39 is 0 Å². The lowest BCUT2D eigenvalue weighted by Gasteiger charge is -2.28. The van der Waals surface area contributed by atoms with Gasteiger partial charge in [0, 0.05) is 12.6 Å². The van der Waals surface area contributed by atoms with Crippen LogP contribution >= 0.6 is 0 Å². The van der Waals surface area contributed by atoms with E-state index in [0.717, 1.165) is 19.6 Å². The van der Waals surface area contributed by atoms with Crippen molar-refractivity contribution in [1.29, 1.82) is 0 Å². The molecular weight excluding hydrogens is 210 g/mol. The van der Waals surface area contributed by atoms with Gasteiger partial charge < -0.3 is 10.1 Å². The lowest BCUT2D eigenvalue weighted by atomic mass is 10.0. The van der Waals surface area contributed by atoms with Gasteiger partial charge in [-0.15, -0.1) is 0 Å². The Balaban J connectivity index is 4.07. The maximum Gasteiger partial charge on any atom is 0.0725 e. The van der Waals surface area contributed by atoms with Crippen molar-refractivity contribution in [2.45, 2.75) is 78.9 Å². The first-order valence-electron chi connectivity index (χ1n) is 7.54. The first kappa shape index (κ1) is 16.9. The van der Waals surface area contributed by atoms with Gasteiger partial charge in [-0.2, -0.15) is 0 Å². The summed E-state index contributed by atoms with van der Waals surface area (Å²) < 4.78 is 6.11. The van der Waals surface area contributed by atoms with E-state index in [1.165, 1.54) is 25.7 Å². The van der Waals surface area contributed by atoms with Gasteiger partial charge in [-0.3, -0.25) is 0 Å². The summed E-state index contributed by atoms with van der Waals surface area (Å²) in [5.74, 6) is 0.693. The van der Waals surface area contributed by atoms with E-state index in [1.807, 2.05) is 0 Å². The van der Waals surface area contributed by atoms with Crippen molar-refractivity contribution in [2.75, 3.05) is 13.2 Å². The minimum absolute atomic E-state index is 0.384. The van der Waals surface area contributed by atoms with Crippen LogP contribution in [0.3, 0.4) is 0 Å². The van der Waals surface area contributed by atoms with Crippen molar-refractivity contribution in [3.05, 3.63) is 0 Å². The van der Waals surface area contributed by atoms with Crippen molar-refractivity contribution in [1.82, 2.24) is 5.32 Å². The Kier molecular flexibility index (Phi) is 11.0. The highest BCUT2D eigenvalue weighted by molar-refractivity contribution is 4.75. The second-order valence-electron chi connectivity index (χ2n) is 5.13. The summed E-state index contributed by atoms with van der Waals surface area (Å²) >= 11 is 0. The third-order valence-electron chi connectivity index (χ3n) is 3.29. The Morgan fingerprint density at radius 1 is 1.00 bits per heavy atom. The molecule has 0 aromatic rings. The highest BCUT2D eigenvalue weighted by atomic mass is 16.5. The summed E-state index contributed by atoms with van der Waals surface area (Å²) in [7, 11) is 0. The average Bonchev–Trinajstić information content (AvgIpc) is 2.30. The van der Waals surface area contributed by atoms with Crippen molar-refractivity contribution in [2.24, 2.45) is 5.92 Å². The van der Waals surface area contributed by atoms with Gasteiger partial charge in [-0.25, -0.2) is 0 Å². The summed E-state index contributed by atoms with van der Waals surface area (Å²) in [6.07, 6.45) is 6.46. The Morgan fingerprint density at radius 2 is 1.65 bits per heavy atom. The molecule has 0 aromatic heterocycles. The Bertz CT molecular complexity index is 155. The Hall–Kier alpha value is -0.0800. The van der Waals surface area contributed by atoms with E-state index in [9.17, 15) is 0 Å². The van der Waals surface area contributed by atoms with Crippen LogP contribution in [0.2, 0.25) is 0 Å². The topological polar surface area (TPSA) is 21.3 Å². The van der Waals surface area contributed by atoms with E-state index in [2.05, 4.69) is 39.9 Å². The minimum Gasteiger partial charge on any atom is -0.376 e. The zero-order valence-corrected chi connectivity index (χ0v) is 12.6. The number of hydrogen-bond donors (Lipinski definition) is 1. The van der Waals surface area contributed by atoms with Gasteiger partial charge >= 0.3 is 0 Å². The van der Waals surface area contributed by atoms with E-state index >= 15 is 0 Å². The third-order valence-corrected chi connectivity index (χ3v) is 3.29. The fourth-order valence-electron chi connectivity index (χ4n) is 2.38. The lowest BCUT2D eigenvalue weighted by molar-refractivity contribution is 0.00361. The predicted octanol–water partition coefficient (Wildman–Crippen LogP) is 4.00. The summed E-state index contributed by atoms with van der Waals surface area (Å²) in [5.41, 5.74) is 0. The molecule has 3 unspecified atom stereocenters. The first-order chi connectivity index (χ1) is 8.19. The molecule has 0 fully saturated rings. The Labute approximate surface area is 109 Å². The number of nitrogens with one attached hydrogen (secondary N) is 1. The summed E-state index contributed by atoms with van der Waals surface area (Å²) in [4.78, 5) is 0. The quantitative estimate of drug-likeness (QED) is 0.592. The summed E-state index contributed by atoms with van der Waals surface area (Å²) in [5, 5.41) is 3.57. The third kappa shape index (κ3) is 7.77. The van der Waals surface area contributed by atoms with Gasteiger partial charge in [0.25, 0.3) is 0 Å². The molecule has 0 radical (unpaired) electrons. The maximum absolute atomic E-state index is 6.11. The zero-order chi connectivity index (χ0) is 13.1. The van der Waals surface area contributed by atoms with Gasteiger partial charge in [0.2, 0.25) is 0 Å². The van der Waals surface area contributed by atoms with Crippen molar-refractivity contribution < 1.29 is 4.74 Å². The van der Waals surface area contributed by atoms with Gasteiger partial charge in [-0.05, 0) is 31.7 Å². The van der Waals surface area contributed by atoms with E-state index in [1.54, 1.807) is 0 Å². The molecule has 2 heteroatoms. The molecular formula is C15H33NO. The predicted molar refractivity (Wildman–Crippen MR) is 76.5 cm³/mol. The molecule has 2 nitrogen and oxygen atoms in total. The van der Waals surface area contributed by atoms with Gasteiger partial charge in [0.1, 0.15) is 0 Å². The number of likely N-dealkylation sites (N-methyl/N-ethyl adjacent to an activating group) is 1. The Morgan fingerprint density at radius 3 is 2.12 bits per heavy atom. The highest BCUT2D eigenvalue weighted by Crippen LogP contribution is 2.13. The molecule has 3 atom stereocenters. The SMILES string of the molecule is CCCC(C)COC(CC)C(CCC)NCC.